The smallest absolute Gasteiger partial charge is 0.253 e. The molecule has 1 fully saturated rings. The van der Waals surface area contributed by atoms with Crippen LogP contribution in [-0.4, -0.2) is 43.7 Å². The summed E-state index contributed by atoms with van der Waals surface area (Å²) in [5.74, 6) is -0.522. The Kier molecular flexibility index (Phi) is 5.11. The molecule has 1 amide bonds. The lowest BCUT2D eigenvalue weighted by molar-refractivity contribution is 0.0651. The average molecular weight is 376 g/mol. The Morgan fingerprint density at radius 2 is 1.81 bits per heavy atom. The second kappa shape index (κ2) is 7.17. The fraction of sp³-hybridized carbons (Fsp3) is 0.316. The first-order valence-electron chi connectivity index (χ1n) is 8.43. The standard InChI is InChI=1S/C19H21FN2O3S/c1-14(15-7-9-17(20)10-8-15)21(2)26(24,25)18-6-3-5-16(13-18)19(23)22-11-4-12-22/h3,5-10,13-14H,4,11-12H2,1-2H3/t14-/m1/s1. The maximum atomic E-state index is 13.1. The number of sulfonamides is 1. The van der Waals surface area contributed by atoms with Crippen LogP contribution < -0.4 is 0 Å². The molecule has 2 aromatic rings. The Hall–Kier alpha value is -2.25. The topological polar surface area (TPSA) is 57.7 Å². The van der Waals surface area contributed by atoms with Crippen molar-refractivity contribution in [2.75, 3.05) is 20.1 Å². The van der Waals surface area contributed by atoms with Gasteiger partial charge in [0.05, 0.1) is 4.90 Å². The second-order valence-corrected chi connectivity index (χ2v) is 8.42. The van der Waals surface area contributed by atoms with E-state index < -0.39 is 16.1 Å². The number of carbonyl (C=O) groups excluding carboxylic acids is 1. The highest BCUT2D eigenvalue weighted by molar-refractivity contribution is 7.89. The van der Waals surface area contributed by atoms with Crippen LogP contribution in [0.4, 0.5) is 4.39 Å². The number of carbonyl (C=O) groups is 1. The summed E-state index contributed by atoms with van der Waals surface area (Å²) >= 11 is 0. The van der Waals surface area contributed by atoms with Crippen molar-refractivity contribution < 1.29 is 17.6 Å². The van der Waals surface area contributed by atoms with E-state index >= 15 is 0 Å². The van der Waals surface area contributed by atoms with Crippen LogP contribution in [0.1, 0.15) is 35.3 Å². The molecule has 1 saturated heterocycles. The minimum atomic E-state index is -3.80. The van der Waals surface area contributed by atoms with Gasteiger partial charge in [-0.2, -0.15) is 4.31 Å². The molecule has 26 heavy (non-hydrogen) atoms. The van der Waals surface area contributed by atoms with Gasteiger partial charge in [-0.05, 0) is 49.2 Å². The highest BCUT2D eigenvalue weighted by Gasteiger charge is 2.28. The predicted octanol–water partition coefficient (Wildman–Crippen LogP) is 3.05. The van der Waals surface area contributed by atoms with E-state index in [1.807, 2.05) is 0 Å². The molecular formula is C19H21FN2O3S. The van der Waals surface area contributed by atoms with Crippen molar-refractivity contribution in [3.63, 3.8) is 0 Å². The Balaban J connectivity index is 1.87. The molecule has 0 bridgehead atoms. The second-order valence-electron chi connectivity index (χ2n) is 6.42. The number of likely N-dealkylation sites (tertiary alicyclic amines) is 1. The summed E-state index contributed by atoms with van der Waals surface area (Å²) < 4.78 is 40.3. The third-order valence-electron chi connectivity index (χ3n) is 4.80. The van der Waals surface area contributed by atoms with E-state index in [4.69, 9.17) is 0 Å². The number of hydrogen-bond donors (Lipinski definition) is 0. The maximum Gasteiger partial charge on any atom is 0.253 e. The van der Waals surface area contributed by atoms with Gasteiger partial charge in [-0.25, -0.2) is 12.8 Å². The third kappa shape index (κ3) is 3.50. The van der Waals surface area contributed by atoms with E-state index in [1.54, 1.807) is 36.1 Å². The lowest BCUT2D eigenvalue weighted by Crippen LogP contribution is -2.42. The van der Waals surface area contributed by atoms with E-state index in [2.05, 4.69) is 0 Å². The summed E-state index contributed by atoms with van der Waals surface area (Å²) in [7, 11) is -2.32. The Morgan fingerprint density at radius 3 is 2.38 bits per heavy atom. The van der Waals surface area contributed by atoms with Crippen LogP contribution in [0.5, 0.6) is 0 Å². The van der Waals surface area contributed by atoms with Crippen LogP contribution in [0.3, 0.4) is 0 Å². The van der Waals surface area contributed by atoms with Gasteiger partial charge in [0.15, 0.2) is 0 Å². The molecule has 138 valence electrons. The van der Waals surface area contributed by atoms with Crippen LogP contribution in [0, 0.1) is 5.82 Å². The zero-order valence-electron chi connectivity index (χ0n) is 14.7. The molecule has 0 spiro atoms. The van der Waals surface area contributed by atoms with Crippen LogP contribution in [0.2, 0.25) is 0 Å². The van der Waals surface area contributed by atoms with Crippen LogP contribution in [0.25, 0.3) is 0 Å². The van der Waals surface area contributed by atoms with Gasteiger partial charge in [-0.1, -0.05) is 18.2 Å². The summed E-state index contributed by atoms with van der Waals surface area (Å²) in [4.78, 5) is 14.1. The molecule has 0 saturated carbocycles. The van der Waals surface area contributed by atoms with Crippen molar-refractivity contribution in [1.82, 2.24) is 9.21 Å². The van der Waals surface area contributed by atoms with Gasteiger partial charge in [0.1, 0.15) is 5.82 Å². The zero-order valence-corrected chi connectivity index (χ0v) is 15.5. The minimum absolute atomic E-state index is 0.0698. The van der Waals surface area contributed by atoms with Crippen molar-refractivity contribution in [3.8, 4) is 0 Å². The van der Waals surface area contributed by atoms with Gasteiger partial charge in [-0.15, -0.1) is 0 Å². The molecular weight excluding hydrogens is 355 g/mol. The molecule has 1 heterocycles. The minimum Gasteiger partial charge on any atom is -0.339 e. The number of amides is 1. The first-order valence-corrected chi connectivity index (χ1v) is 9.87. The molecule has 5 nitrogen and oxygen atoms in total. The van der Waals surface area contributed by atoms with Gasteiger partial charge in [-0.3, -0.25) is 4.79 Å². The molecule has 0 unspecified atom stereocenters. The summed E-state index contributed by atoms with van der Waals surface area (Å²) in [6.07, 6.45) is 0.974. The summed E-state index contributed by atoms with van der Waals surface area (Å²) in [5.41, 5.74) is 1.05. The average Bonchev–Trinajstić information content (AvgIpc) is 2.59. The first-order chi connectivity index (χ1) is 12.3. The Labute approximate surface area is 153 Å². The zero-order chi connectivity index (χ0) is 18.9. The molecule has 1 aliphatic heterocycles. The van der Waals surface area contributed by atoms with Gasteiger partial charge in [0.2, 0.25) is 10.0 Å². The van der Waals surface area contributed by atoms with Crippen molar-refractivity contribution in [2.24, 2.45) is 0 Å². The van der Waals surface area contributed by atoms with Crippen molar-refractivity contribution in [2.45, 2.75) is 24.3 Å². The largest absolute Gasteiger partial charge is 0.339 e. The normalized spacial score (nSPS) is 15.6. The van der Waals surface area contributed by atoms with Crippen molar-refractivity contribution in [1.29, 1.82) is 0 Å². The molecule has 7 heteroatoms. The SMILES string of the molecule is C[C@H](c1ccc(F)cc1)N(C)S(=O)(=O)c1cccc(C(=O)N2CCC2)c1. The van der Waals surface area contributed by atoms with Crippen LogP contribution >= 0.6 is 0 Å². The summed E-state index contributed by atoms with van der Waals surface area (Å²) in [6, 6.07) is 11.4. The summed E-state index contributed by atoms with van der Waals surface area (Å²) in [5, 5.41) is 0. The number of rotatable bonds is 5. The van der Waals surface area contributed by atoms with E-state index in [-0.39, 0.29) is 16.6 Å². The first kappa shape index (κ1) is 18.5. The highest BCUT2D eigenvalue weighted by Crippen LogP contribution is 2.26. The molecule has 0 N–H and O–H groups in total. The van der Waals surface area contributed by atoms with Gasteiger partial charge in [0, 0.05) is 31.7 Å². The number of nitrogens with zero attached hydrogens (tertiary/aromatic N) is 2. The van der Waals surface area contributed by atoms with E-state index in [0.29, 0.717) is 24.2 Å². The van der Waals surface area contributed by atoms with Crippen molar-refractivity contribution >= 4 is 15.9 Å². The monoisotopic (exact) mass is 376 g/mol. The molecule has 2 aromatic carbocycles. The third-order valence-corrected chi connectivity index (χ3v) is 6.72. The fourth-order valence-electron chi connectivity index (χ4n) is 2.82. The van der Waals surface area contributed by atoms with E-state index in [0.717, 1.165) is 6.42 Å². The maximum absolute atomic E-state index is 13.1. The lowest BCUT2D eigenvalue weighted by atomic mass is 10.1. The molecule has 0 aromatic heterocycles. The number of halogens is 1. The van der Waals surface area contributed by atoms with Crippen LogP contribution in [-0.2, 0) is 10.0 Å². The molecule has 1 aliphatic rings. The number of hydrogen-bond acceptors (Lipinski definition) is 3. The van der Waals surface area contributed by atoms with Crippen LogP contribution in [0.15, 0.2) is 53.4 Å². The number of benzene rings is 2. The highest BCUT2D eigenvalue weighted by atomic mass is 32.2. The molecule has 0 radical (unpaired) electrons. The van der Waals surface area contributed by atoms with E-state index in [1.165, 1.54) is 35.6 Å². The lowest BCUT2D eigenvalue weighted by Gasteiger charge is -2.31. The van der Waals surface area contributed by atoms with Gasteiger partial charge >= 0.3 is 0 Å². The molecule has 3 rings (SSSR count). The Bertz CT molecular complexity index is 909. The molecule has 0 aliphatic carbocycles. The van der Waals surface area contributed by atoms with Gasteiger partial charge < -0.3 is 4.90 Å². The van der Waals surface area contributed by atoms with E-state index in [9.17, 15) is 17.6 Å². The summed E-state index contributed by atoms with van der Waals surface area (Å²) in [6.45, 7) is 3.15. The quantitative estimate of drug-likeness (QED) is 0.806. The predicted molar refractivity (Wildman–Crippen MR) is 96.7 cm³/mol. The van der Waals surface area contributed by atoms with Crippen molar-refractivity contribution in [3.05, 3.63) is 65.5 Å². The fourth-order valence-corrected chi connectivity index (χ4v) is 4.21. The van der Waals surface area contributed by atoms with Gasteiger partial charge in [0.25, 0.3) is 5.91 Å². The Morgan fingerprint density at radius 1 is 1.15 bits per heavy atom. The molecule has 1 atom stereocenters.